The van der Waals surface area contributed by atoms with Crippen LogP contribution in [0.25, 0.3) is 0 Å². The molecular formula is C25H36N8O. The number of rotatable bonds is 8. The van der Waals surface area contributed by atoms with Gasteiger partial charge in [0.1, 0.15) is 0 Å². The van der Waals surface area contributed by atoms with E-state index in [1.807, 2.05) is 13.0 Å². The molecule has 9 nitrogen and oxygen atoms in total. The van der Waals surface area contributed by atoms with E-state index in [0.717, 1.165) is 49.1 Å². The Morgan fingerprint density at radius 3 is 2.65 bits per heavy atom. The van der Waals surface area contributed by atoms with E-state index in [0.29, 0.717) is 34.7 Å². The largest absolute Gasteiger partial charge is 0.366 e. The third kappa shape index (κ3) is 4.53. The predicted octanol–water partition coefficient (Wildman–Crippen LogP) is 3.28. The number of fused-ring (bicyclic) bond motifs is 2. The normalized spacial score (nSPS) is 27.0. The third-order valence-corrected chi connectivity index (χ3v) is 8.32. The lowest BCUT2D eigenvalue weighted by Gasteiger charge is -2.60. The maximum absolute atomic E-state index is 11.7. The van der Waals surface area contributed by atoms with Gasteiger partial charge >= 0.3 is 0 Å². The summed E-state index contributed by atoms with van der Waals surface area (Å²) in [7, 11) is 0. The molecule has 182 valence electrons. The summed E-state index contributed by atoms with van der Waals surface area (Å²) in [5, 5.41) is 13.6. The number of hydrogen-bond donors (Lipinski definition) is 5. The Kier molecular flexibility index (Phi) is 6.06. The Bertz CT molecular complexity index is 1060. The van der Waals surface area contributed by atoms with Crippen LogP contribution in [0.5, 0.6) is 0 Å². The first-order valence-corrected chi connectivity index (χ1v) is 12.4. The van der Waals surface area contributed by atoms with Crippen LogP contribution in [-0.2, 0) is 0 Å². The highest BCUT2D eigenvalue weighted by Gasteiger charge is 2.53. The first-order chi connectivity index (χ1) is 16.3. The lowest BCUT2D eigenvalue weighted by atomic mass is 9.45. The van der Waals surface area contributed by atoms with Crippen LogP contribution in [0, 0.1) is 30.1 Å². The van der Waals surface area contributed by atoms with Gasteiger partial charge in [0, 0.05) is 30.4 Å². The quantitative estimate of drug-likeness (QED) is 0.402. The van der Waals surface area contributed by atoms with Gasteiger partial charge in [-0.2, -0.15) is 15.0 Å². The number of carbonyl (C=O) groups is 1. The van der Waals surface area contributed by atoms with Gasteiger partial charge in [0.15, 0.2) is 0 Å². The maximum Gasteiger partial charge on any atom is 0.248 e. The standard InChI is InChI=1S/C25H36N8O/c1-14-4-5-15(21(26)34)10-20(14)30-24-32-22(31-23(33-24)29-18-8-9-27-13-18)28-12-16-6-7-17-11-19(16)25(17,2)3/h4-5,10,16-19,27H,6-9,11-13H2,1-3H3,(H2,26,34)(H3,28,29,30,31,32,33)/t16-,17?,18+,19+/m0/s1. The molecule has 4 atom stereocenters. The molecule has 2 aromatic rings. The van der Waals surface area contributed by atoms with Gasteiger partial charge in [0.25, 0.3) is 0 Å². The van der Waals surface area contributed by atoms with Gasteiger partial charge in [-0.15, -0.1) is 0 Å². The number of benzene rings is 1. The lowest BCUT2D eigenvalue weighted by molar-refractivity contribution is -0.100. The average molecular weight is 465 g/mol. The zero-order chi connectivity index (χ0) is 23.9. The van der Waals surface area contributed by atoms with E-state index in [1.165, 1.54) is 19.3 Å². The van der Waals surface area contributed by atoms with Crippen molar-refractivity contribution in [2.75, 3.05) is 35.6 Å². The van der Waals surface area contributed by atoms with Crippen LogP contribution >= 0.6 is 0 Å². The summed E-state index contributed by atoms with van der Waals surface area (Å²) in [6, 6.07) is 5.61. The van der Waals surface area contributed by atoms with E-state index >= 15 is 0 Å². The number of nitrogens with one attached hydrogen (secondary N) is 4. The number of aromatic nitrogens is 3. The molecule has 0 radical (unpaired) electrons. The second-order valence-corrected chi connectivity index (χ2v) is 10.7. The van der Waals surface area contributed by atoms with E-state index in [-0.39, 0.29) is 6.04 Å². The van der Waals surface area contributed by atoms with Crippen molar-refractivity contribution in [3.05, 3.63) is 29.3 Å². The smallest absolute Gasteiger partial charge is 0.248 e. The summed E-state index contributed by atoms with van der Waals surface area (Å²) in [6.45, 7) is 9.54. The number of nitrogens with two attached hydrogens (primary N) is 1. The molecule has 9 heteroatoms. The highest BCUT2D eigenvalue weighted by Crippen LogP contribution is 2.61. The summed E-state index contributed by atoms with van der Waals surface area (Å²) in [5.41, 5.74) is 8.08. The number of nitrogens with zero attached hydrogens (tertiary/aromatic N) is 3. The van der Waals surface area contributed by atoms with Crippen LogP contribution in [0.2, 0.25) is 0 Å². The zero-order valence-electron chi connectivity index (χ0n) is 20.3. The van der Waals surface area contributed by atoms with Gasteiger partial charge in [-0.05, 0) is 80.0 Å². The van der Waals surface area contributed by atoms with Crippen LogP contribution in [0.3, 0.4) is 0 Å². The Balaban J connectivity index is 1.36. The fourth-order valence-electron chi connectivity index (χ4n) is 6.00. The molecule has 1 aromatic heterocycles. The number of anilines is 4. The van der Waals surface area contributed by atoms with E-state index < -0.39 is 5.91 Å². The molecule has 2 heterocycles. The van der Waals surface area contributed by atoms with Crippen molar-refractivity contribution in [1.82, 2.24) is 20.3 Å². The van der Waals surface area contributed by atoms with Crippen LogP contribution in [-0.4, -0.2) is 46.5 Å². The molecule has 1 unspecified atom stereocenters. The monoisotopic (exact) mass is 464 g/mol. The molecule has 1 amide bonds. The highest BCUT2D eigenvalue weighted by atomic mass is 16.1. The van der Waals surface area contributed by atoms with Crippen LogP contribution in [0.1, 0.15) is 55.5 Å². The fourth-order valence-corrected chi connectivity index (χ4v) is 6.00. The van der Waals surface area contributed by atoms with Crippen molar-refractivity contribution >= 4 is 29.4 Å². The summed E-state index contributed by atoms with van der Waals surface area (Å²) in [5.74, 6) is 3.36. The number of aryl methyl sites for hydroxylation is 1. The maximum atomic E-state index is 11.7. The van der Waals surface area contributed by atoms with Crippen LogP contribution in [0.4, 0.5) is 23.5 Å². The third-order valence-electron chi connectivity index (χ3n) is 8.32. The fraction of sp³-hybridized carbons (Fsp3) is 0.600. The summed E-state index contributed by atoms with van der Waals surface area (Å²) < 4.78 is 0. The Hall–Kier alpha value is -2.94. The SMILES string of the molecule is Cc1ccc(C(N)=O)cc1Nc1nc(NC[C@@H]2CCC3C[C@H]2C3(C)C)nc(N[C@@H]2CCNC2)n1. The molecule has 4 aliphatic rings. The number of carbonyl (C=O) groups excluding carboxylic acids is 1. The van der Waals surface area contributed by atoms with Gasteiger partial charge < -0.3 is 27.0 Å². The van der Waals surface area contributed by atoms with Crippen molar-refractivity contribution < 1.29 is 4.79 Å². The second-order valence-electron chi connectivity index (χ2n) is 10.7. The topological polar surface area (TPSA) is 130 Å². The molecule has 34 heavy (non-hydrogen) atoms. The first kappa shape index (κ1) is 22.8. The lowest BCUT2D eigenvalue weighted by Crippen LogP contribution is -2.53. The minimum Gasteiger partial charge on any atom is -0.366 e. The van der Waals surface area contributed by atoms with Crippen LogP contribution in [0.15, 0.2) is 18.2 Å². The van der Waals surface area contributed by atoms with E-state index in [4.69, 9.17) is 5.73 Å². The second kappa shape index (κ2) is 9.02. The average Bonchev–Trinajstić information content (AvgIpc) is 3.32. The minimum absolute atomic E-state index is 0.286. The molecule has 1 aromatic carbocycles. The van der Waals surface area contributed by atoms with Crippen molar-refractivity contribution in [2.45, 2.75) is 52.5 Å². The highest BCUT2D eigenvalue weighted by molar-refractivity contribution is 5.94. The number of hydrogen-bond acceptors (Lipinski definition) is 8. The first-order valence-electron chi connectivity index (χ1n) is 12.4. The molecule has 3 saturated carbocycles. The van der Waals surface area contributed by atoms with Gasteiger partial charge in [0.05, 0.1) is 0 Å². The van der Waals surface area contributed by atoms with Gasteiger partial charge in [-0.1, -0.05) is 19.9 Å². The van der Waals surface area contributed by atoms with E-state index in [2.05, 4.69) is 50.1 Å². The molecule has 2 bridgehead atoms. The Morgan fingerprint density at radius 1 is 1.15 bits per heavy atom. The summed E-state index contributed by atoms with van der Waals surface area (Å²) in [6.07, 6.45) is 4.95. The summed E-state index contributed by atoms with van der Waals surface area (Å²) in [4.78, 5) is 25.6. The van der Waals surface area contributed by atoms with E-state index in [9.17, 15) is 4.79 Å². The molecule has 1 aliphatic heterocycles. The van der Waals surface area contributed by atoms with Gasteiger partial charge in [-0.3, -0.25) is 4.79 Å². The summed E-state index contributed by atoms with van der Waals surface area (Å²) >= 11 is 0. The molecule has 6 rings (SSSR count). The van der Waals surface area contributed by atoms with Gasteiger partial charge in [0.2, 0.25) is 23.8 Å². The molecule has 1 saturated heterocycles. The van der Waals surface area contributed by atoms with E-state index in [1.54, 1.807) is 12.1 Å². The van der Waals surface area contributed by atoms with Crippen molar-refractivity contribution in [1.29, 1.82) is 0 Å². The molecular weight excluding hydrogens is 428 g/mol. The van der Waals surface area contributed by atoms with Crippen molar-refractivity contribution in [3.63, 3.8) is 0 Å². The minimum atomic E-state index is -0.467. The number of primary amides is 1. The Morgan fingerprint density at radius 2 is 1.94 bits per heavy atom. The van der Waals surface area contributed by atoms with Crippen molar-refractivity contribution in [2.24, 2.45) is 28.9 Å². The number of amides is 1. The molecule has 0 spiro atoms. The van der Waals surface area contributed by atoms with Crippen LogP contribution < -0.4 is 27.0 Å². The Labute approximate surface area is 201 Å². The predicted molar refractivity (Wildman–Crippen MR) is 134 cm³/mol. The van der Waals surface area contributed by atoms with Gasteiger partial charge in [-0.25, -0.2) is 0 Å². The molecule has 3 aliphatic carbocycles. The van der Waals surface area contributed by atoms with Crippen molar-refractivity contribution in [3.8, 4) is 0 Å². The zero-order valence-corrected chi connectivity index (χ0v) is 20.3. The molecule has 4 fully saturated rings. The molecule has 6 N–H and O–H groups in total.